The molecule has 6 heteroatoms. The number of nitrogens with two attached hydrogens (primary N) is 1. The maximum atomic E-state index is 13.0. The summed E-state index contributed by atoms with van der Waals surface area (Å²) in [6.45, 7) is 4.03. The van der Waals surface area contributed by atoms with Gasteiger partial charge in [-0.3, -0.25) is 10.2 Å². The van der Waals surface area contributed by atoms with E-state index in [1.54, 1.807) is 60.7 Å². The van der Waals surface area contributed by atoms with Crippen molar-refractivity contribution in [3.8, 4) is 6.07 Å². The molecular weight excluding hydrogens is 396 g/mol. The predicted octanol–water partition coefficient (Wildman–Crippen LogP) is 4.98. The molecule has 3 aromatic rings. The Morgan fingerprint density at radius 3 is 2.57 bits per heavy atom. The Bertz CT molecular complexity index is 1180. The number of nitriles is 1. The number of benzene rings is 3. The normalized spacial score (nSPS) is 10.2. The summed E-state index contributed by atoms with van der Waals surface area (Å²) in [5.74, 6) is -0.404. The first-order chi connectivity index (χ1) is 14.5. The molecule has 0 unspecified atom stereocenters. The number of carbonyl (C=O) groups excluding carboxylic acids is 1. The first-order valence-electron chi connectivity index (χ1n) is 9.13. The van der Waals surface area contributed by atoms with Crippen LogP contribution in [-0.2, 0) is 6.54 Å². The van der Waals surface area contributed by atoms with Crippen molar-refractivity contribution in [3.05, 3.63) is 106 Å². The van der Waals surface area contributed by atoms with Crippen molar-refractivity contribution in [1.29, 1.82) is 10.7 Å². The van der Waals surface area contributed by atoms with Gasteiger partial charge in [-0.05, 0) is 35.4 Å². The summed E-state index contributed by atoms with van der Waals surface area (Å²) in [6, 6.07) is 19.2. The van der Waals surface area contributed by atoms with E-state index in [1.165, 1.54) is 0 Å². The number of nitrogens with zero attached hydrogens (tertiary/aromatic N) is 1. The van der Waals surface area contributed by atoms with Crippen molar-refractivity contribution in [2.45, 2.75) is 6.54 Å². The van der Waals surface area contributed by atoms with Gasteiger partial charge < -0.3 is 11.1 Å². The lowest BCUT2D eigenvalue weighted by molar-refractivity contribution is 0.102. The third-order valence-electron chi connectivity index (χ3n) is 4.63. The fourth-order valence-corrected chi connectivity index (χ4v) is 3.31. The zero-order valence-corrected chi connectivity index (χ0v) is 16.8. The highest BCUT2D eigenvalue weighted by Gasteiger charge is 2.18. The van der Waals surface area contributed by atoms with Crippen LogP contribution in [0.4, 0.5) is 5.69 Å². The summed E-state index contributed by atoms with van der Waals surface area (Å²) in [5, 5.41) is 20.8. The van der Waals surface area contributed by atoms with E-state index >= 15 is 0 Å². The van der Waals surface area contributed by atoms with E-state index in [4.69, 9.17) is 28.0 Å². The second kappa shape index (κ2) is 9.19. The molecule has 0 atom stereocenters. The zero-order chi connectivity index (χ0) is 21.7. The minimum atomic E-state index is -0.404. The van der Waals surface area contributed by atoms with Crippen LogP contribution in [0.15, 0.2) is 67.2 Å². The van der Waals surface area contributed by atoms with Crippen LogP contribution >= 0.6 is 11.6 Å². The standard InChI is InChI=1S/C24H19ClN4O/c1-2-17-4-3-5-20(25)22(17)24(30)29-21-12-16(14-27)8-11-19(21)23(28)18-9-6-15(13-26)7-10-18/h2-12,28H,1,14,27H2,(H,29,30). The van der Waals surface area contributed by atoms with E-state index in [1.807, 2.05) is 6.07 Å². The molecule has 1 amide bonds. The molecule has 0 saturated carbocycles. The Kier molecular flexibility index (Phi) is 6.43. The van der Waals surface area contributed by atoms with Crippen molar-refractivity contribution in [1.82, 2.24) is 0 Å². The monoisotopic (exact) mass is 414 g/mol. The van der Waals surface area contributed by atoms with Gasteiger partial charge in [0, 0.05) is 17.7 Å². The number of carbonyl (C=O) groups is 1. The van der Waals surface area contributed by atoms with E-state index in [0.29, 0.717) is 38.5 Å². The summed E-state index contributed by atoms with van der Waals surface area (Å²) in [6.07, 6.45) is 1.57. The molecule has 0 fully saturated rings. The van der Waals surface area contributed by atoms with Crippen LogP contribution in [0.5, 0.6) is 0 Å². The number of hydrogen-bond acceptors (Lipinski definition) is 4. The Morgan fingerprint density at radius 2 is 1.93 bits per heavy atom. The van der Waals surface area contributed by atoms with Crippen LogP contribution in [0.1, 0.15) is 38.2 Å². The molecule has 0 aliphatic carbocycles. The second-order valence-corrected chi connectivity index (χ2v) is 6.92. The molecule has 3 rings (SSSR count). The molecule has 0 aromatic heterocycles. The quantitative estimate of drug-likeness (QED) is 0.495. The Hall–Kier alpha value is -3.72. The van der Waals surface area contributed by atoms with Crippen molar-refractivity contribution in [2.24, 2.45) is 5.73 Å². The van der Waals surface area contributed by atoms with Crippen molar-refractivity contribution in [3.63, 3.8) is 0 Å². The van der Waals surface area contributed by atoms with Crippen molar-refractivity contribution in [2.75, 3.05) is 5.32 Å². The summed E-state index contributed by atoms with van der Waals surface area (Å²) in [4.78, 5) is 13.0. The SMILES string of the molecule is C=Cc1cccc(Cl)c1C(=O)Nc1cc(CN)ccc1C(=N)c1ccc(C#N)cc1. The third kappa shape index (κ3) is 4.31. The molecular formula is C24H19ClN4O. The van der Waals surface area contributed by atoms with Gasteiger partial charge in [0.05, 0.1) is 33.6 Å². The lowest BCUT2D eigenvalue weighted by Gasteiger charge is -2.15. The number of halogens is 1. The number of rotatable bonds is 6. The topological polar surface area (TPSA) is 103 Å². The molecule has 0 saturated heterocycles. The first-order valence-corrected chi connectivity index (χ1v) is 9.51. The molecule has 0 spiro atoms. The van der Waals surface area contributed by atoms with E-state index < -0.39 is 5.91 Å². The maximum absolute atomic E-state index is 13.0. The van der Waals surface area contributed by atoms with Gasteiger partial charge >= 0.3 is 0 Å². The highest BCUT2D eigenvalue weighted by atomic mass is 35.5. The molecule has 148 valence electrons. The Labute approximate surface area is 179 Å². The van der Waals surface area contributed by atoms with Crippen molar-refractivity contribution >= 4 is 35.0 Å². The second-order valence-electron chi connectivity index (χ2n) is 6.51. The molecule has 30 heavy (non-hydrogen) atoms. The van der Waals surface area contributed by atoms with E-state index in [-0.39, 0.29) is 12.3 Å². The van der Waals surface area contributed by atoms with Gasteiger partial charge in [0.2, 0.25) is 0 Å². The molecule has 0 bridgehead atoms. The third-order valence-corrected chi connectivity index (χ3v) is 4.95. The van der Waals surface area contributed by atoms with Crippen LogP contribution in [0, 0.1) is 16.7 Å². The molecule has 3 aromatic carbocycles. The summed E-state index contributed by atoms with van der Waals surface area (Å²) in [5.41, 5.74) is 9.81. The fraction of sp³-hybridized carbons (Fsp3) is 0.0417. The fourth-order valence-electron chi connectivity index (χ4n) is 3.04. The van der Waals surface area contributed by atoms with Gasteiger partial charge in [-0.2, -0.15) is 5.26 Å². The van der Waals surface area contributed by atoms with Crippen LogP contribution < -0.4 is 11.1 Å². The summed E-state index contributed by atoms with van der Waals surface area (Å²) in [7, 11) is 0. The molecule has 0 heterocycles. The number of nitrogens with one attached hydrogen (secondary N) is 2. The van der Waals surface area contributed by atoms with E-state index in [0.717, 1.165) is 5.56 Å². The number of hydrogen-bond donors (Lipinski definition) is 3. The maximum Gasteiger partial charge on any atom is 0.257 e. The lowest BCUT2D eigenvalue weighted by Crippen LogP contribution is -2.17. The largest absolute Gasteiger partial charge is 0.326 e. The molecule has 0 aliphatic heterocycles. The van der Waals surface area contributed by atoms with Crippen LogP contribution in [0.3, 0.4) is 0 Å². The van der Waals surface area contributed by atoms with Gasteiger partial charge in [0.25, 0.3) is 5.91 Å². The Morgan fingerprint density at radius 1 is 1.20 bits per heavy atom. The van der Waals surface area contributed by atoms with E-state index in [2.05, 4.69) is 18.0 Å². The molecule has 4 N–H and O–H groups in total. The van der Waals surface area contributed by atoms with Gasteiger partial charge in [-0.15, -0.1) is 0 Å². The van der Waals surface area contributed by atoms with Gasteiger partial charge in [-0.25, -0.2) is 0 Å². The Balaban J connectivity index is 2.02. The van der Waals surface area contributed by atoms with Crippen LogP contribution in [0.2, 0.25) is 5.02 Å². The predicted molar refractivity (Wildman–Crippen MR) is 121 cm³/mol. The average Bonchev–Trinajstić information content (AvgIpc) is 2.78. The smallest absolute Gasteiger partial charge is 0.257 e. The van der Waals surface area contributed by atoms with Crippen LogP contribution in [0.25, 0.3) is 6.08 Å². The minimum absolute atomic E-state index is 0.210. The number of amides is 1. The highest BCUT2D eigenvalue weighted by molar-refractivity contribution is 6.35. The van der Waals surface area contributed by atoms with Crippen molar-refractivity contribution < 1.29 is 4.79 Å². The average molecular weight is 415 g/mol. The highest BCUT2D eigenvalue weighted by Crippen LogP contribution is 2.26. The van der Waals surface area contributed by atoms with E-state index in [9.17, 15) is 4.79 Å². The van der Waals surface area contributed by atoms with Gasteiger partial charge in [0.15, 0.2) is 0 Å². The lowest BCUT2D eigenvalue weighted by atomic mass is 9.98. The first kappa shape index (κ1) is 21.0. The van der Waals surface area contributed by atoms with Gasteiger partial charge in [0.1, 0.15) is 0 Å². The minimum Gasteiger partial charge on any atom is -0.326 e. The molecule has 5 nitrogen and oxygen atoms in total. The zero-order valence-electron chi connectivity index (χ0n) is 16.1. The molecule has 0 radical (unpaired) electrons. The van der Waals surface area contributed by atoms with Gasteiger partial charge in [-0.1, -0.05) is 60.7 Å². The number of anilines is 1. The van der Waals surface area contributed by atoms with Crippen LogP contribution in [-0.4, -0.2) is 11.6 Å². The molecule has 0 aliphatic rings. The summed E-state index contributed by atoms with van der Waals surface area (Å²) >= 11 is 6.26. The summed E-state index contributed by atoms with van der Waals surface area (Å²) < 4.78 is 0.